The van der Waals surface area contributed by atoms with Crippen molar-refractivity contribution in [3.63, 3.8) is 0 Å². The lowest BCUT2D eigenvalue weighted by Gasteiger charge is -2.20. The molecule has 0 rings (SSSR count). The fourth-order valence-electron chi connectivity index (χ4n) is 1.06. The molecule has 0 saturated heterocycles. The molecule has 0 bridgehead atoms. The zero-order valence-corrected chi connectivity index (χ0v) is 10.6. The first-order valence-corrected chi connectivity index (χ1v) is 5.46. The molecule has 1 amide bonds. The molecular formula is C12H24N2O. The van der Waals surface area contributed by atoms with Crippen molar-refractivity contribution < 1.29 is 4.79 Å². The van der Waals surface area contributed by atoms with Crippen molar-refractivity contribution in [3.8, 4) is 0 Å². The highest BCUT2D eigenvalue weighted by Gasteiger charge is 2.12. The van der Waals surface area contributed by atoms with Crippen molar-refractivity contribution in [1.82, 2.24) is 10.6 Å². The first-order chi connectivity index (χ1) is 6.81. The van der Waals surface area contributed by atoms with E-state index in [4.69, 9.17) is 0 Å². The van der Waals surface area contributed by atoms with Crippen molar-refractivity contribution in [3.05, 3.63) is 11.6 Å². The summed E-state index contributed by atoms with van der Waals surface area (Å²) >= 11 is 0. The van der Waals surface area contributed by atoms with Gasteiger partial charge in [0, 0.05) is 25.0 Å². The molecule has 0 aliphatic rings. The van der Waals surface area contributed by atoms with Gasteiger partial charge in [-0.1, -0.05) is 11.6 Å². The summed E-state index contributed by atoms with van der Waals surface area (Å²) in [6.45, 7) is 11.7. The van der Waals surface area contributed by atoms with E-state index in [1.807, 2.05) is 20.8 Å². The van der Waals surface area contributed by atoms with Gasteiger partial charge in [0.25, 0.3) is 0 Å². The molecule has 0 unspecified atom stereocenters. The Balaban J connectivity index is 3.52. The van der Waals surface area contributed by atoms with Gasteiger partial charge in [-0.15, -0.1) is 0 Å². The van der Waals surface area contributed by atoms with Crippen LogP contribution in [-0.4, -0.2) is 24.5 Å². The normalized spacial score (nSPS) is 11.0. The topological polar surface area (TPSA) is 41.1 Å². The second-order valence-electron chi connectivity index (χ2n) is 5.03. The van der Waals surface area contributed by atoms with E-state index in [0.717, 1.165) is 13.1 Å². The van der Waals surface area contributed by atoms with E-state index in [1.54, 1.807) is 0 Å². The lowest BCUT2D eigenvalue weighted by molar-refractivity contribution is -0.122. The van der Waals surface area contributed by atoms with Gasteiger partial charge < -0.3 is 10.6 Å². The van der Waals surface area contributed by atoms with Gasteiger partial charge in [-0.2, -0.15) is 0 Å². The Morgan fingerprint density at radius 2 is 1.87 bits per heavy atom. The van der Waals surface area contributed by atoms with E-state index in [2.05, 4.69) is 30.6 Å². The summed E-state index contributed by atoms with van der Waals surface area (Å²) in [6, 6.07) is 0. The minimum Gasteiger partial charge on any atom is -0.351 e. The van der Waals surface area contributed by atoms with Gasteiger partial charge in [0.1, 0.15) is 0 Å². The van der Waals surface area contributed by atoms with Crippen LogP contribution in [0.5, 0.6) is 0 Å². The Kier molecular flexibility index (Phi) is 6.25. The van der Waals surface area contributed by atoms with Gasteiger partial charge in [0.2, 0.25) is 5.91 Å². The molecule has 0 fully saturated rings. The van der Waals surface area contributed by atoms with Crippen molar-refractivity contribution in [2.24, 2.45) is 0 Å². The number of nitrogens with one attached hydrogen (secondary N) is 2. The summed E-state index contributed by atoms with van der Waals surface area (Å²) < 4.78 is 0. The monoisotopic (exact) mass is 212 g/mol. The van der Waals surface area contributed by atoms with Crippen LogP contribution in [0.25, 0.3) is 0 Å². The average molecular weight is 212 g/mol. The predicted molar refractivity (Wildman–Crippen MR) is 64.8 cm³/mol. The van der Waals surface area contributed by atoms with Gasteiger partial charge in [-0.3, -0.25) is 4.79 Å². The van der Waals surface area contributed by atoms with E-state index in [0.29, 0.717) is 6.42 Å². The summed E-state index contributed by atoms with van der Waals surface area (Å²) in [5.74, 6) is 0.104. The smallest absolute Gasteiger partial charge is 0.221 e. The molecule has 3 nitrogen and oxygen atoms in total. The van der Waals surface area contributed by atoms with Crippen molar-refractivity contribution in [2.45, 2.75) is 46.6 Å². The maximum absolute atomic E-state index is 11.4. The Bertz CT molecular complexity index is 222. The van der Waals surface area contributed by atoms with Crippen LogP contribution in [0.1, 0.15) is 41.0 Å². The number of carbonyl (C=O) groups is 1. The van der Waals surface area contributed by atoms with Gasteiger partial charge in [-0.25, -0.2) is 0 Å². The Morgan fingerprint density at radius 3 is 2.33 bits per heavy atom. The van der Waals surface area contributed by atoms with Crippen molar-refractivity contribution in [1.29, 1.82) is 0 Å². The van der Waals surface area contributed by atoms with Crippen LogP contribution in [0, 0.1) is 0 Å². The molecule has 88 valence electrons. The second kappa shape index (κ2) is 6.62. The largest absolute Gasteiger partial charge is 0.351 e. The summed E-state index contributed by atoms with van der Waals surface area (Å²) in [7, 11) is 0. The molecule has 0 atom stereocenters. The van der Waals surface area contributed by atoms with Crippen LogP contribution in [0.4, 0.5) is 0 Å². The number of carbonyl (C=O) groups excluding carboxylic acids is 1. The minimum absolute atomic E-state index is 0.104. The van der Waals surface area contributed by atoms with Crippen LogP contribution in [0.3, 0.4) is 0 Å². The molecule has 0 aliphatic carbocycles. The zero-order chi connectivity index (χ0) is 11.9. The molecule has 3 heteroatoms. The molecule has 15 heavy (non-hydrogen) atoms. The third-order valence-corrected chi connectivity index (χ3v) is 1.70. The minimum atomic E-state index is -0.128. The standard InChI is InChI=1S/C12H24N2O/c1-10(2)6-8-13-9-7-11(15)14-12(3,4)5/h6,13H,7-9H2,1-5H3,(H,14,15). The molecule has 2 N–H and O–H groups in total. The number of amides is 1. The third kappa shape index (κ3) is 11.1. The van der Waals surface area contributed by atoms with Crippen LogP contribution in [0.2, 0.25) is 0 Å². The molecule has 0 saturated carbocycles. The zero-order valence-electron chi connectivity index (χ0n) is 10.6. The second-order valence-corrected chi connectivity index (χ2v) is 5.03. The van der Waals surface area contributed by atoms with Crippen LogP contribution in [0.15, 0.2) is 11.6 Å². The van der Waals surface area contributed by atoms with Gasteiger partial charge in [0.15, 0.2) is 0 Å². The number of rotatable bonds is 5. The molecule has 0 aromatic rings. The van der Waals surface area contributed by atoms with Crippen LogP contribution < -0.4 is 10.6 Å². The maximum atomic E-state index is 11.4. The van der Waals surface area contributed by atoms with E-state index < -0.39 is 0 Å². The molecule has 0 aromatic heterocycles. The van der Waals surface area contributed by atoms with Crippen molar-refractivity contribution in [2.75, 3.05) is 13.1 Å². The quantitative estimate of drug-likeness (QED) is 0.539. The first kappa shape index (κ1) is 14.2. The molecule has 0 radical (unpaired) electrons. The van der Waals surface area contributed by atoms with E-state index in [-0.39, 0.29) is 11.4 Å². The van der Waals surface area contributed by atoms with E-state index in [9.17, 15) is 4.79 Å². The molecule has 0 aliphatic heterocycles. The highest BCUT2D eigenvalue weighted by Crippen LogP contribution is 1.98. The van der Waals surface area contributed by atoms with Gasteiger partial charge in [-0.05, 0) is 34.6 Å². The number of allylic oxidation sites excluding steroid dienone is 1. The summed E-state index contributed by atoms with van der Waals surface area (Å²) in [4.78, 5) is 11.4. The Morgan fingerprint density at radius 1 is 1.27 bits per heavy atom. The van der Waals surface area contributed by atoms with E-state index >= 15 is 0 Å². The van der Waals surface area contributed by atoms with Crippen LogP contribution >= 0.6 is 0 Å². The predicted octanol–water partition coefficient (Wildman–Crippen LogP) is 1.85. The average Bonchev–Trinajstić information content (AvgIpc) is 1.99. The van der Waals surface area contributed by atoms with Crippen molar-refractivity contribution >= 4 is 5.91 Å². The Labute approximate surface area is 93.3 Å². The fraction of sp³-hybridized carbons (Fsp3) is 0.750. The first-order valence-electron chi connectivity index (χ1n) is 5.46. The maximum Gasteiger partial charge on any atom is 0.221 e. The summed E-state index contributed by atoms with van der Waals surface area (Å²) in [5, 5.41) is 6.12. The Hall–Kier alpha value is -0.830. The molecule has 0 aromatic carbocycles. The van der Waals surface area contributed by atoms with Gasteiger partial charge >= 0.3 is 0 Å². The highest BCUT2D eigenvalue weighted by atomic mass is 16.1. The number of hydrogen-bond donors (Lipinski definition) is 2. The highest BCUT2D eigenvalue weighted by molar-refractivity contribution is 5.76. The lowest BCUT2D eigenvalue weighted by Crippen LogP contribution is -2.41. The van der Waals surface area contributed by atoms with Gasteiger partial charge in [0.05, 0.1) is 0 Å². The molecule has 0 heterocycles. The van der Waals surface area contributed by atoms with E-state index in [1.165, 1.54) is 5.57 Å². The third-order valence-electron chi connectivity index (χ3n) is 1.70. The van der Waals surface area contributed by atoms with Crippen LogP contribution in [-0.2, 0) is 4.79 Å². The molecule has 0 spiro atoms. The number of hydrogen-bond acceptors (Lipinski definition) is 2. The lowest BCUT2D eigenvalue weighted by atomic mass is 10.1. The summed E-state index contributed by atoms with van der Waals surface area (Å²) in [5.41, 5.74) is 1.17. The SMILES string of the molecule is CC(C)=CCNCCC(=O)NC(C)(C)C. The molecular weight excluding hydrogens is 188 g/mol. The fourth-order valence-corrected chi connectivity index (χ4v) is 1.06. The summed E-state index contributed by atoms with van der Waals surface area (Å²) in [6.07, 6.45) is 2.65.